The SMILES string of the molecule is CCC(C)(C)N(C)C(=O)c1cc(C(=O)O)on1. The van der Waals surface area contributed by atoms with E-state index < -0.39 is 5.97 Å². The highest BCUT2D eigenvalue weighted by molar-refractivity contribution is 5.95. The summed E-state index contributed by atoms with van der Waals surface area (Å²) in [6.07, 6.45) is 0.777. The minimum atomic E-state index is -1.24. The van der Waals surface area contributed by atoms with Gasteiger partial charge in [0, 0.05) is 18.7 Å². The van der Waals surface area contributed by atoms with Crippen LogP contribution in [0.1, 0.15) is 48.2 Å². The van der Waals surface area contributed by atoms with E-state index >= 15 is 0 Å². The van der Waals surface area contributed by atoms with E-state index in [4.69, 9.17) is 5.11 Å². The first-order chi connectivity index (χ1) is 7.79. The summed E-state index contributed by atoms with van der Waals surface area (Å²) in [4.78, 5) is 24.1. The van der Waals surface area contributed by atoms with Crippen molar-refractivity contribution in [1.82, 2.24) is 10.1 Å². The molecule has 0 atom stereocenters. The van der Waals surface area contributed by atoms with Gasteiger partial charge in [0.25, 0.3) is 5.91 Å². The topological polar surface area (TPSA) is 83.6 Å². The van der Waals surface area contributed by atoms with Crippen LogP contribution in [-0.4, -0.2) is 39.6 Å². The number of carboxylic acid groups (broad SMARTS) is 1. The van der Waals surface area contributed by atoms with Gasteiger partial charge in [0.1, 0.15) is 0 Å². The van der Waals surface area contributed by atoms with Gasteiger partial charge < -0.3 is 14.5 Å². The summed E-state index contributed by atoms with van der Waals surface area (Å²) >= 11 is 0. The van der Waals surface area contributed by atoms with Crippen molar-refractivity contribution in [3.63, 3.8) is 0 Å². The van der Waals surface area contributed by atoms with Crippen molar-refractivity contribution in [2.45, 2.75) is 32.7 Å². The van der Waals surface area contributed by atoms with E-state index in [0.29, 0.717) is 0 Å². The Hall–Kier alpha value is -1.85. The van der Waals surface area contributed by atoms with Crippen LogP contribution in [0.3, 0.4) is 0 Å². The first kappa shape index (κ1) is 13.2. The molecule has 6 nitrogen and oxygen atoms in total. The Balaban J connectivity index is 2.93. The lowest BCUT2D eigenvalue weighted by Gasteiger charge is -2.34. The molecule has 1 rings (SSSR count). The van der Waals surface area contributed by atoms with Crippen molar-refractivity contribution < 1.29 is 19.2 Å². The monoisotopic (exact) mass is 240 g/mol. The van der Waals surface area contributed by atoms with E-state index in [-0.39, 0.29) is 22.9 Å². The summed E-state index contributed by atoms with van der Waals surface area (Å²) in [6, 6.07) is 1.13. The number of amides is 1. The van der Waals surface area contributed by atoms with Gasteiger partial charge in [-0.3, -0.25) is 4.79 Å². The molecule has 0 aliphatic heterocycles. The molecule has 0 bridgehead atoms. The molecule has 1 aromatic heterocycles. The molecular weight excluding hydrogens is 224 g/mol. The Morgan fingerprint density at radius 3 is 2.53 bits per heavy atom. The van der Waals surface area contributed by atoms with Crippen LogP contribution in [0.4, 0.5) is 0 Å². The number of rotatable bonds is 4. The van der Waals surface area contributed by atoms with Gasteiger partial charge in [-0.1, -0.05) is 12.1 Å². The lowest BCUT2D eigenvalue weighted by molar-refractivity contribution is 0.0602. The maximum atomic E-state index is 12.0. The maximum Gasteiger partial charge on any atom is 0.374 e. The summed E-state index contributed by atoms with van der Waals surface area (Å²) in [5, 5.41) is 12.1. The average molecular weight is 240 g/mol. The zero-order valence-corrected chi connectivity index (χ0v) is 10.4. The number of carbonyl (C=O) groups is 2. The first-order valence-electron chi connectivity index (χ1n) is 5.27. The van der Waals surface area contributed by atoms with E-state index in [2.05, 4.69) is 9.68 Å². The third-order valence-corrected chi connectivity index (χ3v) is 3.02. The summed E-state index contributed by atoms with van der Waals surface area (Å²) < 4.78 is 4.55. The molecule has 0 fully saturated rings. The standard InChI is InChI=1S/C11H16N2O4/c1-5-11(2,3)13(4)9(14)7-6-8(10(15)16)17-12-7/h6H,5H2,1-4H3,(H,15,16). The Kier molecular flexibility index (Phi) is 3.55. The smallest absolute Gasteiger partial charge is 0.374 e. The molecule has 6 heteroatoms. The van der Waals surface area contributed by atoms with Crippen LogP contribution < -0.4 is 0 Å². The van der Waals surface area contributed by atoms with Gasteiger partial charge in [0.15, 0.2) is 5.69 Å². The highest BCUT2D eigenvalue weighted by atomic mass is 16.5. The molecule has 0 saturated heterocycles. The van der Waals surface area contributed by atoms with Crippen LogP contribution in [-0.2, 0) is 0 Å². The maximum absolute atomic E-state index is 12.0. The van der Waals surface area contributed by atoms with Crippen molar-refractivity contribution >= 4 is 11.9 Å². The predicted octanol–water partition coefficient (Wildman–Crippen LogP) is 1.63. The molecule has 1 N–H and O–H groups in total. The number of carboxylic acids is 1. The fourth-order valence-corrected chi connectivity index (χ4v) is 1.16. The van der Waals surface area contributed by atoms with Crippen LogP contribution in [0.15, 0.2) is 10.6 Å². The molecule has 17 heavy (non-hydrogen) atoms. The minimum Gasteiger partial charge on any atom is -0.475 e. The van der Waals surface area contributed by atoms with Crippen LogP contribution in [0.5, 0.6) is 0 Å². The van der Waals surface area contributed by atoms with Crippen molar-refractivity contribution in [2.24, 2.45) is 0 Å². The third-order valence-electron chi connectivity index (χ3n) is 3.02. The Morgan fingerprint density at radius 1 is 1.53 bits per heavy atom. The summed E-state index contributed by atoms with van der Waals surface area (Å²) in [5.74, 6) is -1.93. The van der Waals surface area contributed by atoms with Gasteiger partial charge in [-0.15, -0.1) is 0 Å². The van der Waals surface area contributed by atoms with Gasteiger partial charge in [-0.2, -0.15) is 0 Å². The molecule has 0 aliphatic rings. The van der Waals surface area contributed by atoms with E-state index in [1.807, 2.05) is 20.8 Å². The van der Waals surface area contributed by atoms with Crippen molar-refractivity contribution in [3.05, 3.63) is 17.5 Å². The van der Waals surface area contributed by atoms with Crippen LogP contribution in [0, 0.1) is 0 Å². The number of aromatic carboxylic acids is 1. The fraction of sp³-hybridized carbons (Fsp3) is 0.545. The van der Waals surface area contributed by atoms with E-state index in [1.165, 1.54) is 4.90 Å². The second kappa shape index (κ2) is 4.57. The molecular formula is C11H16N2O4. The van der Waals surface area contributed by atoms with Crippen LogP contribution >= 0.6 is 0 Å². The number of hydrogen-bond acceptors (Lipinski definition) is 4. The number of carbonyl (C=O) groups excluding carboxylic acids is 1. The lowest BCUT2D eigenvalue weighted by Crippen LogP contribution is -2.44. The van der Waals surface area contributed by atoms with Crippen molar-refractivity contribution in [2.75, 3.05) is 7.05 Å². The quantitative estimate of drug-likeness (QED) is 0.864. The highest BCUT2D eigenvalue weighted by Gasteiger charge is 2.29. The van der Waals surface area contributed by atoms with Gasteiger partial charge in [0.05, 0.1) is 0 Å². The normalized spacial score (nSPS) is 11.3. The number of nitrogens with zero attached hydrogens (tertiary/aromatic N) is 2. The largest absolute Gasteiger partial charge is 0.475 e. The van der Waals surface area contributed by atoms with Gasteiger partial charge >= 0.3 is 5.97 Å². The Labute approximate surface area is 99.2 Å². The molecule has 0 saturated carbocycles. The van der Waals surface area contributed by atoms with E-state index in [1.54, 1.807) is 7.05 Å². The molecule has 1 heterocycles. The van der Waals surface area contributed by atoms with Gasteiger partial charge in [0.2, 0.25) is 5.76 Å². The zero-order chi connectivity index (χ0) is 13.2. The molecule has 1 aromatic rings. The molecule has 0 aromatic carbocycles. The molecule has 94 valence electrons. The zero-order valence-electron chi connectivity index (χ0n) is 10.4. The van der Waals surface area contributed by atoms with Crippen molar-refractivity contribution in [1.29, 1.82) is 0 Å². The second-order valence-corrected chi connectivity index (χ2v) is 4.41. The number of hydrogen-bond donors (Lipinski definition) is 1. The fourth-order valence-electron chi connectivity index (χ4n) is 1.16. The van der Waals surface area contributed by atoms with E-state index in [0.717, 1.165) is 12.5 Å². The summed E-state index contributed by atoms with van der Waals surface area (Å²) in [7, 11) is 1.65. The molecule has 0 spiro atoms. The molecule has 0 radical (unpaired) electrons. The summed E-state index contributed by atoms with van der Waals surface area (Å²) in [6.45, 7) is 5.81. The van der Waals surface area contributed by atoms with Crippen LogP contribution in [0.25, 0.3) is 0 Å². The predicted molar refractivity (Wildman–Crippen MR) is 59.9 cm³/mol. The van der Waals surface area contributed by atoms with Crippen molar-refractivity contribution in [3.8, 4) is 0 Å². The highest BCUT2D eigenvalue weighted by Crippen LogP contribution is 2.19. The van der Waals surface area contributed by atoms with E-state index in [9.17, 15) is 9.59 Å². The second-order valence-electron chi connectivity index (χ2n) is 4.41. The van der Waals surface area contributed by atoms with Gasteiger partial charge in [-0.25, -0.2) is 4.79 Å². The van der Waals surface area contributed by atoms with Gasteiger partial charge in [-0.05, 0) is 20.3 Å². The third kappa shape index (κ3) is 2.64. The summed E-state index contributed by atoms with van der Waals surface area (Å²) in [5.41, 5.74) is -0.314. The molecule has 0 aliphatic carbocycles. The Morgan fingerprint density at radius 2 is 2.12 bits per heavy atom. The molecule has 0 unspecified atom stereocenters. The lowest BCUT2D eigenvalue weighted by atomic mass is 9.99. The van der Waals surface area contributed by atoms with Crippen LogP contribution in [0.2, 0.25) is 0 Å². The Bertz CT molecular complexity index is 436. The number of aromatic nitrogens is 1. The average Bonchev–Trinajstić information content (AvgIpc) is 2.76. The minimum absolute atomic E-state index is 0.00595. The first-order valence-corrected chi connectivity index (χ1v) is 5.27. The molecule has 1 amide bonds.